The second kappa shape index (κ2) is 6.71. The van der Waals surface area contributed by atoms with Crippen molar-refractivity contribution in [3.8, 4) is 0 Å². The standard InChI is InChI=1S/C14H22N4O3/c1-16(2)11-5-7-18(9-11)13(19)4-3-12-15-6-8-17(12)10-14(20)21/h6,8,11H,3-5,7,9-10H2,1-2H3,(H,20,21)/t11-/m0/s1. The normalized spacial score (nSPS) is 18.4. The lowest BCUT2D eigenvalue weighted by atomic mass is 10.2. The molecule has 0 spiro atoms. The lowest BCUT2D eigenvalue weighted by Gasteiger charge is -2.20. The second-order valence-electron chi connectivity index (χ2n) is 5.61. The van der Waals surface area contributed by atoms with Gasteiger partial charge >= 0.3 is 5.97 Å². The van der Waals surface area contributed by atoms with Gasteiger partial charge in [-0.2, -0.15) is 0 Å². The van der Waals surface area contributed by atoms with Gasteiger partial charge in [0, 0.05) is 44.4 Å². The maximum atomic E-state index is 12.2. The van der Waals surface area contributed by atoms with E-state index in [4.69, 9.17) is 5.11 Å². The van der Waals surface area contributed by atoms with Gasteiger partial charge in [-0.25, -0.2) is 4.98 Å². The first-order valence-electron chi connectivity index (χ1n) is 7.13. The molecule has 1 aliphatic rings. The number of likely N-dealkylation sites (N-methyl/N-ethyl adjacent to an activating group) is 1. The van der Waals surface area contributed by atoms with E-state index in [1.807, 2.05) is 19.0 Å². The monoisotopic (exact) mass is 294 g/mol. The predicted molar refractivity (Wildman–Crippen MR) is 76.9 cm³/mol. The average Bonchev–Trinajstić information content (AvgIpc) is 3.04. The molecule has 1 fully saturated rings. The third-order valence-electron chi connectivity index (χ3n) is 3.92. The zero-order valence-electron chi connectivity index (χ0n) is 12.5. The Kier molecular flexibility index (Phi) is 4.95. The minimum absolute atomic E-state index is 0.115. The molecule has 1 aromatic heterocycles. The van der Waals surface area contributed by atoms with E-state index in [0.717, 1.165) is 19.5 Å². The van der Waals surface area contributed by atoms with Gasteiger partial charge in [-0.1, -0.05) is 0 Å². The zero-order valence-corrected chi connectivity index (χ0v) is 12.5. The molecule has 1 saturated heterocycles. The Labute approximate surface area is 124 Å². The van der Waals surface area contributed by atoms with Gasteiger partial charge in [-0.05, 0) is 20.5 Å². The Bertz CT molecular complexity index is 512. The first-order valence-corrected chi connectivity index (χ1v) is 7.13. The van der Waals surface area contributed by atoms with Crippen LogP contribution in [0, 0.1) is 0 Å². The molecule has 0 radical (unpaired) electrons. The highest BCUT2D eigenvalue weighted by atomic mass is 16.4. The van der Waals surface area contributed by atoms with Gasteiger partial charge in [0.25, 0.3) is 0 Å². The van der Waals surface area contributed by atoms with Crippen LogP contribution < -0.4 is 0 Å². The van der Waals surface area contributed by atoms with Gasteiger partial charge in [-0.15, -0.1) is 0 Å². The van der Waals surface area contributed by atoms with Crippen molar-refractivity contribution in [2.75, 3.05) is 27.2 Å². The molecule has 1 aliphatic heterocycles. The Morgan fingerprint density at radius 2 is 2.24 bits per heavy atom. The number of carbonyl (C=O) groups is 2. The molecule has 7 heteroatoms. The average molecular weight is 294 g/mol. The number of nitrogens with zero attached hydrogens (tertiary/aromatic N) is 4. The summed E-state index contributed by atoms with van der Waals surface area (Å²) >= 11 is 0. The topological polar surface area (TPSA) is 78.7 Å². The Hall–Kier alpha value is -1.89. The summed E-state index contributed by atoms with van der Waals surface area (Å²) in [6, 6.07) is 0.433. The number of aromatic nitrogens is 2. The van der Waals surface area contributed by atoms with Crippen molar-refractivity contribution < 1.29 is 14.7 Å². The van der Waals surface area contributed by atoms with Crippen LogP contribution in [0.3, 0.4) is 0 Å². The van der Waals surface area contributed by atoms with E-state index in [2.05, 4.69) is 9.88 Å². The molecule has 1 aromatic rings. The third-order valence-corrected chi connectivity index (χ3v) is 3.92. The number of carboxylic acids is 1. The smallest absolute Gasteiger partial charge is 0.323 e. The highest BCUT2D eigenvalue weighted by molar-refractivity contribution is 5.76. The predicted octanol–water partition coefficient (Wildman–Crippen LogP) is 0.0628. The Morgan fingerprint density at radius 3 is 2.86 bits per heavy atom. The molecule has 0 saturated carbocycles. The van der Waals surface area contributed by atoms with Crippen LogP contribution in [0.4, 0.5) is 0 Å². The molecule has 21 heavy (non-hydrogen) atoms. The molecule has 0 aliphatic carbocycles. The van der Waals surface area contributed by atoms with Crippen molar-refractivity contribution in [1.82, 2.24) is 19.4 Å². The number of hydrogen-bond donors (Lipinski definition) is 1. The number of imidazole rings is 1. The summed E-state index contributed by atoms with van der Waals surface area (Å²) in [7, 11) is 4.06. The van der Waals surface area contributed by atoms with Crippen LogP contribution in [0.2, 0.25) is 0 Å². The molecule has 0 unspecified atom stereocenters. The first kappa shape index (κ1) is 15.5. The molecule has 0 aromatic carbocycles. The number of rotatable bonds is 6. The molecule has 2 rings (SSSR count). The summed E-state index contributed by atoms with van der Waals surface area (Å²) in [4.78, 5) is 31.1. The van der Waals surface area contributed by atoms with Crippen molar-refractivity contribution in [3.63, 3.8) is 0 Å². The van der Waals surface area contributed by atoms with Gasteiger partial charge < -0.3 is 19.5 Å². The molecule has 2 heterocycles. The number of hydrogen-bond acceptors (Lipinski definition) is 4. The SMILES string of the molecule is CN(C)[C@H]1CCN(C(=O)CCc2nccn2CC(=O)O)C1. The third kappa shape index (κ3) is 4.04. The fraction of sp³-hybridized carbons (Fsp3) is 0.643. The van der Waals surface area contributed by atoms with Crippen LogP contribution in [0.15, 0.2) is 12.4 Å². The molecule has 1 atom stereocenters. The quantitative estimate of drug-likeness (QED) is 0.803. The van der Waals surface area contributed by atoms with Crippen LogP contribution in [0.1, 0.15) is 18.7 Å². The molecular formula is C14H22N4O3. The molecule has 1 N–H and O–H groups in total. The molecule has 7 nitrogen and oxygen atoms in total. The van der Waals surface area contributed by atoms with Gasteiger partial charge in [0.2, 0.25) is 5.91 Å². The molecule has 0 bridgehead atoms. The van der Waals surface area contributed by atoms with Gasteiger partial charge in [0.15, 0.2) is 0 Å². The van der Waals surface area contributed by atoms with Crippen LogP contribution in [-0.4, -0.2) is 69.6 Å². The van der Waals surface area contributed by atoms with Gasteiger partial charge in [0.1, 0.15) is 12.4 Å². The lowest BCUT2D eigenvalue weighted by molar-refractivity contribution is -0.137. The minimum atomic E-state index is -0.908. The molecule has 1 amide bonds. The molecule has 116 valence electrons. The summed E-state index contributed by atoms with van der Waals surface area (Å²) in [5, 5.41) is 8.81. The molecular weight excluding hydrogens is 272 g/mol. The maximum Gasteiger partial charge on any atom is 0.323 e. The number of likely N-dealkylation sites (tertiary alicyclic amines) is 1. The van der Waals surface area contributed by atoms with Crippen molar-refractivity contribution in [1.29, 1.82) is 0 Å². The van der Waals surface area contributed by atoms with E-state index >= 15 is 0 Å². The second-order valence-corrected chi connectivity index (χ2v) is 5.61. The Balaban J connectivity index is 1.85. The van der Waals surface area contributed by atoms with Crippen LogP contribution in [0.25, 0.3) is 0 Å². The lowest BCUT2D eigenvalue weighted by Crippen LogP contribution is -2.34. The number of amides is 1. The Morgan fingerprint density at radius 1 is 1.48 bits per heavy atom. The number of carboxylic acid groups (broad SMARTS) is 1. The highest BCUT2D eigenvalue weighted by Gasteiger charge is 2.27. The minimum Gasteiger partial charge on any atom is -0.480 e. The van der Waals surface area contributed by atoms with E-state index in [9.17, 15) is 9.59 Å². The summed E-state index contributed by atoms with van der Waals surface area (Å²) in [6.45, 7) is 1.45. The number of carbonyl (C=O) groups excluding carboxylic acids is 1. The fourth-order valence-corrected chi connectivity index (χ4v) is 2.62. The summed E-state index contributed by atoms with van der Waals surface area (Å²) in [5.74, 6) is -0.146. The fourth-order valence-electron chi connectivity index (χ4n) is 2.62. The van der Waals surface area contributed by atoms with Crippen molar-refractivity contribution in [3.05, 3.63) is 18.2 Å². The first-order chi connectivity index (χ1) is 9.97. The van der Waals surface area contributed by atoms with Crippen molar-refractivity contribution in [2.24, 2.45) is 0 Å². The largest absolute Gasteiger partial charge is 0.480 e. The van der Waals surface area contributed by atoms with Crippen molar-refractivity contribution >= 4 is 11.9 Å². The summed E-state index contributed by atoms with van der Waals surface area (Å²) in [5.41, 5.74) is 0. The van der Waals surface area contributed by atoms with Crippen LogP contribution in [0.5, 0.6) is 0 Å². The summed E-state index contributed by atoms with van der Waals surface area (Å²) in [6.07, 6.45) is 5.05. The highest BCUT2D eigenvalue weighted by Crippen LogP contribution is 2.15. The summed E-state index contributed by atoms with van der Waals surface area (Å²) < 4.78 is 1.57. The van der Waals surface area contributed by atoms with Crippen LogP contribution >= 0.6 is 0 Å². The van der Waals surface area contributed by atoms with Crippen LogP contribution in [-0.2, 0) is 22.6 Å². The van der Waals surface area contributed by atoms with Gasteiger partial charge in [0.05, 0.1) is 0 Å². The zero-order chi connectivity index (χ0) is 15.4. The van der Waals surface area contributed by atoms with E-state index in [-0.39, 0.29) is 12.5 Å². The van der Waals surface area contributed by atoms with Gasteiger partial charge in [-0.3, -0.25) is 9.59 Å². The van der Waals surface area contributed by atoms with E-state index in [0.29, 0.717) is 24.7 Å². The number of aliphatic carboxylic acids is 1. The van der Waals surface area contributed by atoms with E-state index in [1.165, 1.54) is 0 Å². The van der Waals surface area contributed by atoms with E-state index < -0.39 is 5.97 Å². The van der Waals surface area contributed by atoms with Crippen molar-refractivity contribution in [2.45, 2.75) is 31.8 Å². The maximum absolute atomic E-state index is 12.2. The number of aryl methyl sites for hydroxylation is 1. The van der Waals surface area contributed by atoms with E-state index in [1.54, 1.807) is 17.0 Å².